The van der Waals surface area contributed by atoms with E-state index in [9.17, 15) is 13.2 Å². The third-order valence-electron chi connectivity index (χ3n) is 4.43. The zero-order valence-electron chi connectivity index (χ0n) is 11.8. The van der Waals surface area contributed by atoms with Crippen molar-refractivity contribution in [3.05, 3.63) is 23.8 Å². The summed E-state index contributed by atoms with van der Waals surface area (Å²) in [7, 11) is 0. The van der Waals surface area contributed by atoms with Gasteiger partial charge in [0.15, 0.2) is 11.5 Å². The lowest BCUT2D eigenvalue weighted by Crippen LogP contribution is -2.32. The highest BCUT2D eigenvalue weighted by molar-refractivity contribution is 5.48. The van der Waals surface area contributed by atoms with Gasteiger partial charge >= 0.3 is 6.36 Å². The van der Waals surface area contributed by atoms with Crippen molar-refractivity contribution >= 4 is 0 Å². The van der Waals surface area contributed by atoms with Crippen LogP contribution in [0.1, 0.15) is 44.1 Å². The third kappa shape index (κ3) is 3.44. The maximum absolute atomic E-state index is 12.5. The van der Waals surface area contributed by atoms with E-state index in [-0.39, 0.29) is 17.6 Å². The lowest BCUT2D eigenvalue weighted by Gasteiger charge is -2.35. The Balaban J connectivity index is 1.79. The van der Waals surface area contributed by atoms with Crippen molar-refractivity contribution in [2.45, 2.75) is 57.4 Å². The van der Waals surface area contributed by atoms with E-state index in [4.69, 9.17) is 4.74 Å². The van der Waals surface area contributed by atoms with Crippen LogP contribution >= 0.6 is 0 Å². The number of alkyl halides is 3. The number of hydrogen-bond donors (Lipinski definition) is 0. The maximum atomic E-state index is 12.5. The van der Waals surface area contributed by atoms with Gasteiger partial charge in [0.05, 0.1) is 0 Å². The summed E-state index contributed by atoms with van der Waals surface area (Å²) in [6.07, 6.45) is 2.84. The molecule has 116 valence electrons. The molecule has 2 aliphatic rings. The number of rotatable bonds is 2. The molecule has 0 N–H and O–H groups in total. The van der Waals surface area contributed by atoms with Gasteiger partial charge in [-0.25, -0.2) is 0 Å². The molecule has 0 radical (unpaired) electrons. The molecule has 2 nitrogen and oxygen atoms in total. The second kappa shape index (κ2) is 5.78. The number of ether oxygens (including phenoxy) is 2. The highest BCUT2D eigenvalue weighted by atomic mass is 19.4. The van der Waals surface area contributed by atoms with Crippen molar-refractivity contribution < 1.29 is 22.6 Å². The standard InChI is InChI=1S/C16H19F3O2/c17-16(18,19)21-14-8-4-7-12-9-10-13(20-15(12)14)11-5-2-1-3-6-11/h4,7-8,11,13H,1-3,5-6,9-10H2. The van der Waals surface area contributed by atoms with Crippen molar-refractivity contribution in [1.29, 1.82) is 0 Å². The maximum Gasteiger partial charge on any atom is 0.573 e. The van der Waals surface area contributed by atoms with Gasteiger partial charge < -0.3 is 9.47 Å². The summed E-state index contributed by atoms with van der Waals surface area (Å²) in [5.74, 6) is 0.544. The van der Waals surface area contributed by atoms with Gasteiger partial charge in [-0.05, 0) is 43.2 Å². The first-order valence-corrected chi connectivity index (χ1v) is 7.57. The van der Waals surface area contributed by atoms with Gasteiger partial charge in [-0.2, -0.15) is 0 Å². The van der Waals surface area contributed by atoms with Crippen LogP contribution < -0.4 is 9.47 Å². The minimum Gasteiger partial charge on any atom is -0.486 e. The molecule has 0 aromatic heterocycles. The quantitative estimate of drug-likeness (QED) is 0.776. The monoisotopic (exact) mass is 300 g/mol. The number of fused-ring (bicyclic) bond motifs is 1. The van der Waals surface area contributed by atoms with Crippen molar-refractivity contribution in [1.82, 2.24) is 0 Å². The average Bonchev–Trinajstić information content (AvgIpc) is 2.47. The van der Waals surface area contributed by atoms with Crippen LogP contribution in [-0.2, 0) is 6.42 Å². The predicted octanol–water partition coefficient (Wildman–Crippen LogP) is 4.86. The van der Waals surface area contributed by atoms with E-state index in [1.807, 2.05) is 6.07 Å². The number of hydrogen-bond acceptors (Lipinski definition) is 2. The highest BCUT2D eigenvalue weighted by Gasteiger charge is 2.35. The largest absolute Gasteiger partial charge is 0.573 e. The van der Waals surface area contributed by atoms with E-state index in [2.05, 4.69) is 4.74 Å². The summed E-state index contributed by atoms with van der Waals surface area (Å²) in [5.41, 5.74) is 0.809. The van der Waals surface area contributed by atoms with Gasteiger partial charge in [0.25, 0.3) is 0 Å². The zero-order valence-corrected chi connectivity index (χ0v) is 11.8. The molecule has 0 spiro atoms. The van der Waals surface area contributed by atoms with Crippen molar-refractivity contribution in [3.8, 4) is 11.5 Å². The zero-order chi connectivity index (χ0) is 14.9. The molecule has 1 aromatic carbocycles. The normalized spacial score (nSPS) is 23.3. The van der Waals surface area contributed by atoms with Gasteiger partial charge in [0.1, 0.15) is 6.10 Å². The van der Waals surface area contributed by atoms with E-state index in [0.29, 0.717) is 5.92 Å². The SMILES string of the molecule is FC(F)(F)Oc1cccc2c1OC(C1CCCCC1)CC2. The Morgan fingerprint density at radius 2 is 1.81 bits per heavy atom. The molecule has 1 aromatic rings. The lowest BCUT2D eigenvalue weighted by molar-refractivity contribution is -0.275. The topological polar surface area (TPSA) is 18.5 Å². The fourth-order valence-corrected chi connectivity index (χ4v) is 3.44. The Labute approximate surface area is 122 Å². The molecule has 5 heteroatoms. The second-order valence-corrected chi connectivity index (χ2v) is 5.89. The first-order chi connectivity index (χ1) is 10.0. The molecule has 0 amide bonds. The number of para-hydroxylation sites is 1. The summed E-state index contributed by atoms with van der Waals surface area (Å²) in [6.45, 7) is 0. The molecule has 3 rings (SSSR count). The van der Waals surface area contributed by atoms with E-state index in [0.717, 1.165) is 31.2 Å². The Morgan fingerprint density at radius 1 is 1.05 bits per heavy atom. The first kappa shape index (κ1) is 14.5. The highest BCUT2D eigenvalue weighted by Crippen LogP contribution is 2.42. The molecule has 1 heterocycles. The summed E-state index contributed by atoms with van der Waals surface area (Å²) >= 11 is 0. The van der Waals surface area contributed by atoms with Crippen LogP contribution in [-0.4, -0.2) is 12.5 Å². The number of benzene rings is 1. The van der Waals surface area contributed by atoms with Crippen LogP contribution in [0, 0.1) is 5.92 Å². The minimum atomic E-state index is -4.68. The van der Waals surface area contributed by atoms with Crippen LogP contribution in [0.3, 0.4) is 0 Å². The number of halogens is 3. The van der Waals surface area contributed by atoms with Gasteiger partial charge in [0.2, 0.25) is 0 Å². The molecule has 0 saturated heterocycles. The Morgan fingerprint density at radius 3 is 2.52 bits per heavy atom. The molecule has 1 aliphatic carbocycles. The van der Waals surface area contributed by atoms with Crippen molar-refractivity contribution in [2.24, 2.45) is 5.92 Å². The fourth-order valence-electron chi connectivity index (χ4n) is 3.44. The molecule has 1 unspecified atom stereocenters. The average molecular weight is 300 g/mol. The van der Waals surface area contributed by atoms with Crippen LogP contribution in [0.5, 0.6) is 11.5 Å². The third-order valence-corrected chi connectivity index (χ3v) is 4.43. The first-order valence-electron chi connectivity index (χ1n) is 7.57. The fraction of sp³-hybridized carbons (Fsp3) is 0.625. The Kier molecular flexibility index (Phi) is 4.00. The minimum absolute atomic E-state index is 0.0239. The summed E-state index contributed by atoms with van der Waals surface area (Å²) in [6, 6.07) is 4.73. The van der Waals surface area contributed by atoms with E-state index < -0.39 is 6.36 Å². The van der Waals surface area contributed by atoms with Crippen LogP contribution in [0.2, 0.25) is 0 Å². The van der Waals surface area contributed by atoms with Crippen LogP contribution in [0.15, 0.2) is 18.2 Å². The molecule has 1 fully saturated rings. The smallest absolute Gasteiger partial charge is 0.486 e. The molecular formula is C16H19F3O2. The van der Waals surface area contributed by atoms with Crippen molar-refractivity contribution in [2.75, 3.05) is 0 Å². The van der Waals surface area contributed by atoms with Gasteiger partial charge in [-0.3, -0.25) is 0 Å². The van der Waals surface area contributed by atoms with E-state index >= 15 is 0 Å². The van der Waals surface area contributed by atoms with E-state index in [1.54, 1.807) is 6.07 Å². The van der Waals surface area contributed by atoms with Crippen LogP contribution in [0.4, 0.5) is 13.2 Å². The number of aryl methyl sites for hydroxylation is 1. The molecule has 0 bridgehead atoms. The summed E-state index contributed by atoms with van der Waals surface area (Å²) < 4.78 is 47.5. The molecule has 1 aliphatic heterocycles. The second-order valence-electron chi connectivity index (χ2n) is 5.89. The van der Waals surface area contributed by atoms with Crippen molar-refractivity contribution in [3.63, 3.8) is 0 Å². The van der Waals surface area contributed by atoms with Crippen LogP contribution in [0.25, 0.3) is 0 Å². The Bertz CT molecular complexity index is 493. The van der Waals surface area contributed by atoms with Gasteiger partial charge in [-0.15, -0.1) is 13.2 Å². The van der Waals surface area contributed by atoms with E-state index in [1.165, 1.54) is 25.3 Å². The molecule has 21 heavy (non-hydrogen) atoms. The summed E-state index contributed by atoms with van der Waals surface area (Å²) in [5, 5.41) is 0. The summed E-state index contributed by atoms with van der Waals surface area (Å²) in [4.78, 5) is 0. The molecular weight excluding hydrogens is 281 g/mol. The Hall–Kier alpha value is -1.39. The van der Waals surface area contributed by atoms with Gasteiger partial charge in [-0.1, -0.05) is 31.4 Å². The van der Waals surface area contributed by atoms with Gasteiger partial charge in [0, 0.05) is 0 Å². The molecule has 1 saturated carbocycles. The molecule has 1 atom stereocenters. The predicted molar refractivity (Wildman–Crippen MR) is 72.4 cm³/mol. The lowest BCUT2D eigenvalue weighted by atomic mass is 9.82.